The molecule has 0 bridgehead atoms. The van der Waals surface area contributed by atoms with Gasteiger partial charge in [-0.05, 0) is 49.2 Å². The molecule has 21 heavy (non-hydrogen) atoms. The Bertz CT molecular complexity index is 636. The summed E-state index contributed by atoms with van der Waals surface area (Å²) in [6.45, 7) is 8.09. The van der Waals surface area contributed by atoms with Crippen molar-refractivity contribution in [2.75, 3.05) is 18.0 Å². The molecule has 0 fully saturated rings. The fourth-order valence-corrected chi connectivity index (χ4v) is 3.89. The van der Waals surface area contributed by atoms with E-state index in [4.69, 9.17) is 0 Å². The first kappa shape index (κ1) is 14.5. The highest BCUT2D eigenvalue weighted by Crippen LogP contribution is 2.32. The predicted octanol–water partition coefficient (Wildman–Crippen LogP) is 3.87. The van der Waals surface area contributed by atoms with Gasteiger partial charge in [-0.2, -0.15) is 0 Å². The van der Waals surface area contributed by atoms with E-state index in [2.05, 4.69) is 30.1 Å². The number of anilines is 1. The molecular formula is C17H21FN2S. The van der Waals surface area contributed by atoms with Crippen LogP contribution in [-0.2, 0) is 19.5 Å². The zero-order chi connectivity index (χ0) is 14.8. The highest BCUT2D eigenvalue weighted by Gasteiger charge is 2.20. The zero-order valence-electron chi connectivity index (χ0n) is 12.6. The van der Waals surface area contributed by atoms with Crippen LogP contribution in [0.15, 0.2) is 24.3 Å². The van der Waals surface area contributed by atoms with Gasteiger partial charge >= 0.3 is 0 Å². The Morgan fingerprint density at radius 3 is 3.00 bits per heavy atom. The monoisotopic (exact) mass is 304 g/mol. The molecule has 0 spiro atoms. The quantitative estimate of drug-likeness (QED) is 0.902. The van der Waals surface area contributed by atoms with Gasteiger partial charge in [0.25, 0.3) is 0 Å². The van der Waals surface area contributed by atoms with Gasteiger partial charge in [0.1, 0.15) is 5.82 Å². The summed E-state index contributed by atoms with van der Waals surface area (Å²) in [7, 11) is 0. The topological polar surface area (TPSA) is 15.3 Å². The second-order valence-corrected chi connectivity index (χ2v) is 6.86. The molecule has 0 unspecified atom stereocenters. The summed E-state index contributed by atoms with van der Waals surface area (Å²) >= 11 is 1.86. The van der Waals surface area contributed by atoms with Crippen LogP contribution in [0.5, 0.6) is 0 Å². The van der Waals surface area contributed by atoms with E-state index in [1.165, 1.54) is 20.9 Å². The van der Waals surface area contributed by atoms with Crippen molar-refractivity contribution in [3.8, 4) is 0 Å². The Labute approximate surface area is 129 Å². The molecule has 1 aromatic heterocycles. The molecule has 1 aliphatic heterocycles. The average molecular weight is 304 g/mol. The molecule has 0 saturated heterocycles. The van der Waals surface area contributed by atoms with Gasteiger partial charge in [-0.25, -0.2) is 4.39 Å². The van der Waals surface area contributed by atoms with Crippen molar-refractivity contribution in [2.45, 2.75) is 33.4 Å². The number of aryl methyl sites for hydroxylation is 1. The van der Waals surface area contributed by atoms with E-state index >= 15 is 0 Å². The van der Waals surface area contributed by atoms with Gasteiger partial charge in [0.15, 0.2) is 0 Å². The highest BCUT2D eigenvalue weighted by molar-refractivity contribution is 7.12. The number of hydrogen-bond donors (Lipinski definition) is 1. The number of nitrogens with one attached hydrogen (secondary N) is 1. The van der Waals surface area contributed by atoms with Crippen molar-refractivity contribution >= 4 is 17.0 Å². The fraction of sp³-hybridized carbons (Fsp3) is 0.412. The number of benzene rings is 1. The lowest BCUT2D eigenvalue weighted by Gasteiger charge is -2.19. The van der Waals surface area contributed by atoms with Gasteiger partial charge in [-0.1, -0.05) is 13.0 Å². The van der Waals surface area contributed by atoms with Crippen LogP contribution in [0.25, 0.3) is 0 Å². The maximum absolute atomic E-state index is 13.5. The smallest absolute Gasteiger partial charge is 0.125 e. The van der Waals surface area contributed by atoms with E-state index in [0.29, 0.717) is 0 Å². The van der Waals surface area contributed by atoms with E-state index in [0.717, 1.165) is 38.3 Å². The minimum absolute atomic E-state index is 0.143. The van der Waals surface area contributed by atoms with E-state index in [-0.39, 0.29) is 5.82 Å². The zero-order valence-corrected chi connectivity index (χ0v) is 13.4. The molecule has 0 saturated carbocycles. The Kier molecular flexibility index (Phi) is 4.27. The molecule has 1 N–H and O–H groups in total. The van der Waals surface area contributed by atoms with Crippen molar-refractivity contribution in [2.24, 2.45) is 0 Å². The number of thiophene rings is 1. The third-order valence-electron chi connectivity index (χ3n) is 4.02. The molecule has 0 amide bonds. The lowest BCUT2D eigenvalue weighted by molar-refractivity contribution is 0.627. The van der Waals surface area contributed by atoms with Crippen LogP contribution in [0.1, 0.15) is 27.8 Å². The van der Waals surface area contributed by atoms with Crippen LogP contribution in [0, 0.1) is 12.7 Å². The molecule has 2 heterocycles. The summed E-state index contributed by atoms with van der Waals surface area (Å²) in [5, 5.41) is 3.37. The number of rotatable bonds is 5. The molecule has 1 aliphatic rings. The molecule has 0 aliphatic carbocycles. The Balaban J connectivity index is 1.76. The lowest BCUT2D eigenvalue weighted by Crippen LogP contribution is -2.19. The average Bonchev–Trinajstić information content (AvgIpc) is 3.01. The molecule has 2 aromatic rings. The molecule has 3 rings (SSSR count). The lowest BCUT2D eigenvalue weighted by atomic mass is 10.1. The normalized spacial score (nSPS) is 13.8. The third kappa shape index (κ3) is 3.11. The van der Waals surface area contributed by atoms with Crippen LogP contribution in [0.2, 0.25) is 0 Å². The summed E-state index contributed by atoms with van der Waals surface area (Å²) in [4.78, 5) is 5.04. The van der Waals surface area contributed by atoms with Gasteiger partial charge in [-0.15, -0.1) is 11.3 Å². The molecule has 1 aromatic carbocycles. The second kappa shape index (κ2) is 6.16. The van der Waals surface area contributed by atoms with Crippen LogP contribution in [-0.4, -0.2) is 13.1 Å². The van der Waals surface area contributed by atoms with Gasteiger partial charge < -0.3 is 10.2 Å². The van der Waals surface area contributed by atoms with Gasteiger partial charge in [0, 0.05) is 35.1 Å². The van der Waals surface area contributed by atoms with E-state index in [9.17, 15) is 4.39 Å². The largest absolute Gasteiger partial charge is 0.367 e. The van der Waals surface area contributed by atoms with Crippen molar-refractivity contribution in [1.29, 1.82) is 0 Å². The number of fused-ring (bicyclic) bond motifs is 1. The molecule has 4 heteroatoms. The maximum Gasteiger partial charge on any atom is 0.125 e. The van der Waals surface area contributed by atoms with Crippen LogP contribution in [0.4, 0.5) is 10.1 Å². The SMILES string of the molecule is CCNCc1cc(CN2CCc3ccc(F)cc32)c(C)s1. The van der Waals surface area contributed by atoms with E-state index < -0.39 is 0 Å². The van der Waals surface area contributed by atoms with E-state index in [1.807, 2.05) is 17.4 Å². The summed E-state index contributed by atoms with van der Waals surface area (Å²) < 4.78 is 13.5. The molecule has 0 radical (unpaired) electrons. The third-order valence-corrected chi connectivity index (χ3v) is 5.11. The van der Waals surface area contributed by atoms with Gasteiger partial charge in [-0.3, -0.25) is 0 Å². The first-order valence-electron chi connectivity index (χ1n) is 7.49. The minimum atomic E-state index is -0.143. The van der Waals surface area contributed by atoms with Crippen LogP contribution >= 0.6 is 11.3 Å². The standard InChI is InChI=1S/C17H21FN2S/c1-3-19-10-16-8-14(12(2)21-16)11-20-7-6-13-4-5-15(18)9-17(13)20/h4-5,8-9,19H,3,6-7,10-11H2,1-2H3. The minimum Gasteiger partial charge on any atom is -0.367 e. The number of nitrogens with zero attached hydrogens (tertiary/aromatic N) is 1. The number of hydrogen-bond acceptors (Lipinski definition) is 3. The first-order chi connectivity index (χ1) is 10.2. The van der Waals surface area contributed by atoms with Crippen molar-refractivity contribution in [3.05, 3.63) is 51.0 Å². The summed E-state index contributed by atoms with van der Waals surface area (Å²) in [6, 6.07) is 7.44. The molecule has 0 atom stereocenters. The number of halogens is 1. The van der Waals surface area contributed by atoms with Gasteiger partial charge in [0.2, 0.25) is 0 Å². The Morgan fingerprint density at radius 2 is 2.19 bits per heavy atom. The molecule has 112 valence electrons. The summed E-state index contributed by atoms with van der Waals surface area (Å²) in [6.07, 6.45) is 1.02. The van der Waals surface area contributed by atoms with Crippen molar-refractivity contribution < 1.29 is 4.39 Å². The van der Waals surface area contributed by atoms with Crippen LogP contribution in [0.3, 0.4) is 0 Å². The highest BCUT2D eigenvalue weighted by atomic mass is 32.1. The molecular weight excluding hydrogens is 283 g/mol. The van der Waals surface area contributed by atoms with Gasteiger partial charge in [0.05, 0.1) is 0 Å². The van der Waals surface area contributed by atoms with E-state index in [1.54, 1.807) is 12.1 Å². The van der Waals surface area contributed by atoms with Crippen molar-refractivity contribution in [3.63, 3.8) is 0 Å². The molecule has 2 nitrogen and oxygen atoms in total. The second-order valence-electron chi connectivity index (χ2n) is 5.52. The fourth-order valence-electron chi connectivity index (χ4n) is 2.87. The Morgan fingerprint density at radius 1 is 1.33 bits per heavy atom. The summed E-state index contributed by atoms with van der Waals surface area (Å²) in [5.41, 5.74) is 3.69. The van der Waals surface area contributed by atoms with Crippen LogP contribution < -0.4 is 10.2 Å². The Hall–Kier alpha value is -1.39. The maximum atomic E-state index is 13.5. The van der Waals surface area contributed by atoms with Crippen molar-refractivity contribution in [1.82, 2.24) is 5.32 Å². The summed E-state index contributed by atoms with van der Waals surface area (Å²) in [5.74, 6) is -0.143. The predicted molar refractivity (Wildman–Crippen MR) is 87.6 cm³/mol. The first-order valence-corrected chi connectivity index (χ1v) is 8.31.